The van der Waals surface area contributed by atoms with Crippen LogP contribution in [0.3, 0.4) is 0 Å². The number of hydrogen-bond donors (Lipinski definition) is 1. The molecule has 0 radical (unpaired) electrons. The van der Waals surface area contributed by atoms with Crippen molar-refractivity contribution in [3.05, 3.63) is 53.0 Å². The molecule has 3 aromatic rings. The number of ether oxygens (including phenoxy) is 2. The summed E-state index contributed by atoms with van der Waals surface area (Å²) in [5, 5.41) is 5.33. The van der Waals surface area contributed by atoms with Crippen LogP contribution in [0, 0.1) is 0 Å². The molecule has 4 rings (SSSR count). The van der Waals surface area contributed by atoms with E-state index in [0.717, 1.165) is 21.3 Å². The van der Waals surface area contributed by atoms with Gasteiger partial charge in [0.05, 0.1) is 18.8 Å². The Bertz CT molecular complexity index is 1050. The molecular formula is C21H21N3O4S. The Morgan fingerprint density at radius 3 is 2.86 bits per heavy atom. The van der Waals surface area contributed by atoms with Crippen LogP contribution in [0.2, 0.25) is 0 Å². The number of amides is 2. The van der Waals surface area contributed by atoms with E-state index in [1.54, 1.807) is 11.8 Å². The zero-order valence-electron chi connectivity index (χ0n) is 16.0. The Labute approximate surface area is 172 Å². The van der Waals surface area contributed by atoms with Crippen molar-refractivity contribution in [3.8, 4) is 5.75 Å². The van der Waals surface area contributed by atoms with Crippen molar-refractivity contribution >= 4 is 39.2 Å². The number of aromatic nitrogens is 1. The molecule has 0 saturated carbocycles. The first-order valence-corrected chi connectivity index (χ1v) is 10.3. The van der Waals surface area contributed by atoms with Crippen LogP contribution in [0.15, 0.2) is 42.5 Å². The van der Waals surface area contributed by atoms with Crippen molar-refractivity contribution in [3.63, 3.8) is 0 Å². The quantitative estimate of drug-likeness (QED) is 0.690. The van der Waals surface area contributed by atoms with Crippen LogP contribution in [0.1, 0.15) is 17.5 Å². The average Bonchev–Trinajstić information content (AvgIpc) is 3.13. The van der Waals surface area contributed by atoms with E-state index in [1.807, 2.05) is 42.5 Å². The maximum atomic E-state index is 12.6. The maximum Gasteiger partial charge on any atom is 0.413 e. The van der Waals surface area contributed by atoms with Crippen LogP contribution in [0.4, 0.5) is 9.93 Å². The molecule has 29 heavy (non-hydrogen) atoms. The summed E-state index contributed by atoms with van der Waals surface area (Å²) in [4.78, 5) is 31.3. The molecule has 0 atom stereocenters. The predicted molar refractivity (Wildman–Crippen MR) is 111 cm³/mol. The third-order valence-electron chi connectivity index (χ3n) is 4.65. The fourth-order valence-electron chi connectivity index (χ4n) is 3.21. The highest BCUT2D eigenvalue weighted by molar-refractivity contribution is 7.15. The second-order valence-electron chi connectivity index (χ2n) is 6.60. The molecule has 0 saturated heterocycles. The molecule has 8 heteroatoms. The van der Waals surface area contributed by atoms with Crippen LogP contribution in [0.25, 0.3) is 10.8 Å². The summed E-state index contributed by atoms with van der Waals surface area (Å²) in [5.41, 5.74) is 0.918. The summed E-state index contributed by atoms with van der Waals surface area (Å²) in [7, 11) is 0. The van der Waals surface area contributed by atoms with Crippen LogP contribution in [0.5, 0.6) is 5.75 Å². The van der Waals surface area contributed by atoms with Crippen LogP contribution < -0.4 is 10.1 Å². The van der Waals surface area contributed by atoms with Crippen molar-refractivity contribution in [1.29, 1.82) is 0 Å². The van der Waals surface area contributed by atoms with E-state index in [0.29, 0.717) is 37.0 Å². The normalized spacial score (nSPS) is 13.1. The number of nitrogens with zero attached hydrogens (tertiary/aromatic N) is 2. The monoisotopic (exact) mass is 411 g/mol. The Morgan fingerprint density at radius 2 is 2.03 bits per heavy atom. The van der Waals surface area contributed by atoms with Crippen LogP contribution in [-0.4, -0.2) is 41.6 Å². The molecule has 1 aromatic heterocycles. The summed E-state index contributed by atoms with van der Waals surface area (Å²) in [6.45, 7) is 3.08. The van der Waals surface area contributed by atoms with Crippen molar-refractivity contribution < 1.29 is 19.1 Å². The minimum absolute atomic E-state index is 0.0135. The van der Waals surface area contributed by atoms with E-state index >= 15 is 0 Å². The second-order valence-corrected chi connectivity index (χ2v) is 7.68. The summed E-state index contributed by atoms with van der Waals surface area (Å²) < 4.78 is 10.6. The fraction of sp³-hybridized carbons (Fsp3) is 0.286. The Morgan fingerprint density at radius 1 is 1.21 bits per heavy atom. The zero-order chi connectivity index (χ0) is 20.2. The standard InChI is InChI=1S/C21H21N3O4S/c1-2-27-21(26)23-20-22-17-9-10-24(12-18(17)29-20)19(25)13-28-16-8-7-14-5-3-4-6-15(14)11-16/h3-8,11H,2,9-10,12-13H2,1H3,(H,22,23,26). The van der Waals surface area contributed by atoms with Gasteiger partial charge in [-0.15, -0.1) is 0 Å². The van der Waals surface area contributed by atoms with E-state index in [4.69, 9.17) is 9.47 Å². The van der Waals surface area contributed by atoms with Gasteiger partial charge in [0.2, 0.25) is 0 Å². The first kappa shape index (κ1) is 19.2. The smallest absolute Gasteiger partial charge is 0.413 e. The molecule has 2 heterocycles. The number of nitrogens with one attached hydrogen (secondary N) is 1. The number of benzene rings is 2. The van der Waals surface area contributed by atoms with Crippen molar-refractivity contribution in [2.24, 2.45) is 0 Å². The van der Waals surface area contributed by atoms with Gasteiger partial charge in [0.25, 0.3) is 5.91 Å². The highest BCUT2D eigenvalue weighted by Crippen LogP contribution is 2.28. The molecule has 0 spiro atoms. The molecule has 1 N–H and O–H groups in total. The molecule has 0 unspecified atom stereocenters. The number of carbonyl (C=O) groups is 2. The molecule has 0 aliphatic carbocycles. The second kappa shape index (κ2) is 8.48. The molecule has 2 amide bonds. The van der Waals surface area contributed by atoms with Gasteiger partial charge in [-0.25, -0.2) is 9.78 Å². The SMILES string of the molecule is CCOC(=O)Nc1nc2c(s1)CN(C(=O)COc1ccc3ccccc3c1)CC2. The average molecular weight is 411 g/mol. The molecule has 2 aromatic carbocycles. The Balaban J connectivity index is 1.35. The third-order valence-corrected chi connectivity index (χ3v) is 5.65. The topological polar surface area (TPSA) is 80.8 Å². The number of carbonyl (C=O) groups excluding carboxylic acids is 2. The largest absolute Gasteiger partial charge is 0.484 e. The van der Waals surface area contributed by atoms with Crippen LogP contribution in [-0.2, 0) is 22.5 Å². The fourth-order valence-corrected chi connectivity index (χ4v) is 4.22. The molecule has 0 bridgehead atoms. The van der Waals surface area contributed by atoms with Gasteiger partial charge in [-0.05, 0) is 29.8 Å². The number of fused-ring (bicyclic) bond motifs is 2. The van der Waals surface area contributed by atoms with E-state index in [-0.39, 0.29) is 12.5 Å². The van der Waals surface area contributed by atoms with Crippen molar-refractivity contribution in [2.45, 2.75) is 19.9 Å². The molecule has 7 nitrogen and oxygen atoms in total. The van der Waals surface area contributed by atoms with E-state index in [1.165, 1.54) is 11.3 Å². The van der Waals surface area contributed by atoms with Gasteiger partial charge in [0.15, 0.2) is 11.7 Å². The lowest BCUT2D eigenvalue weighted by molar-refractivity contribution is -0.134. The summed E-state index contributed by atoms with van der Waals surface area (Å²) in [6.07, 6.45) is 0.133. The van der Waals surface area contributed by atoms with E-state index in [2.05, 4.69) is 10.3 Å². The molecule has 1 aliphatic heterocycles. The predicted octanol–water partition coefficient (Wildman–Crippen LogP) is 3.83. The Kier molecular flexibility index (Phi) is 5.62. The van der Waals surface area contributed by atoms with Gasteiger partial charge in [-0.3, -0.25) is 10.1 Å². The van der Waals surface area contributed by atoms with Crippen molar-refractivity contribution in [1.82, 2.24) is 9.88 Å². The van der Waals surface area contributed by atoms with Crippen molar-refractivity contribution in [2.75, 3.05) is 25.1 Å². The van der Waals surface area contributed by atoms with Gasteiger partial charge in [-0.2, -0.15) is 0 Å². The lowest BCUT2D eigenvalue weighted by atomic mass is 10.1. The van der Waals surface area contributed by atoms with Gasteiger partial charge >= 0.3 is 6.09 Å². The summed E-state index contributed by atoms with van der Waals surface area (Å²) >= 11 is 1.37. The number of thiazole rings is 1. The summed E-state index contributed by atoms with van der Waals surface area (Å²) in [6, 6.07) is 13.8. The lowest BCUT2D eigenvalue weighted by Crippen LogP contribution is -2.38. The first-order valence-electron chi connectivity index (χ1n) is 9.44. The van der Waals surface area contributed by atoms with Gasteiger partial charge < -0.3 is 14.4 Å². The highest BCUT2D eigenvalue weighted by Gasteiger charge is 2.25. The minimum atomic E-state index is -0.518. The molecule has 1 aliphatic rings. The van der Waals surface area contributed by atoms with Gasteiger partial charge in [0.1, 0.15) is 5.75 Å². The van der Waals surface area contributed by atoms with Crippen LogP contribution >= 0.6 is 11.3 Å². The maximum absolute atomic E-state index is 12.6. The number of rotatable bonds is 5. The summed E-state index contributed by atoms with van der Waals surface area (Å²) in [5.74, 6) is 0.602. The highest BCUT2D eigenvalue weighted by atomic mass is 32.1. The number of hydrogen-bond acceptors (Lipinski definition) is 6. The lowest BCUT2D eigenvalue weighted by Gasteiger charge is -2.26. The van der Waals surface area contributed by atoms with Gasteiger partial charge in [-0.1, -0.05) is 41.7 Å². The Hall–Kier alpha value is -3.13. The minimum Gasteiger partial charge on any atom is -0.484 e. The molecule has 0 fully saturated rings. The van der Waals surface area contributed by atoms with E-state index < -0.39 is 6.09 Å². The number of anilines is 1. The molecule has 150 valence electrons. The van der Waals surface area contributed by atoms with Gasteiger partial charge in [0, 0.05) is 17.8 Å². The first-order chi connectivity index (χ1) is 14.1. The molecular weight excluding hydrogens is 390 g/mol. The zero-order valence-corrected chi connectivity index (χ0v) is 16.8. The third kappa shape index (κ3) is 4.48. The van der Waals surface area contributed by atoms with E-state index in [9.17, 15) is 9.59 Å².